The van der Waals surface area contributed by atoms with Crippen LogP contribution < -0.4 is 16.0 Å². The molecule has 0 bridgehead atoms. The Morgan fingerprint density at radius 2 is 2.29 bits per heavy atom. The van der Waals surface area contributed by atoms with Gasteiger partial charge >= 0.3 is 0 Å². The summed E-state index contributed by atoms with van der Waals surface area (Å²) in [5.74, 6) is 6.89. The molecule has 0 aromatic carbocycles. The largest absolute Gasteiger partial charge is 0.477 e. The number of hydrogen-bond acceptors (Lipinski definition) is 5. The fraction of sp³-hybridized carbons (Fsp3) is 0.500. The van der Waals surface area contributed by atoms with Gasteiger partial charge in [0, 0.05) is 0 Å². The fourth-order valence-electron chi connectivity index (χ4n) is 1.53. The molecule has 0 fully saturated rings. The lowest BCUT2D eigenvalue weighted by Gasteiger charge is -2.15. The molecule has 0 aliphatic heterocycles. The topological polar surface area (TPSA) is 73.1 Å². The third kappa shape index (κ3) is 3.71. The molecule has 1 aromatic heterocycles. The van der Waals surface area contributed by atoms with E-state index in [9.17, 15) is 0 Å². The van der Waals surface area contributed by atoms with E-state index in [0.717, 1.165) is 18.4 Å². The molecule has 0 spiro atoms. The van der Waals surface area contributed by atoms with Gasteiger partial charge in [-0.1, -0.05) is 19.9 Å². The molecule has 0 aliphatic carbocycles. The number of allylic oxidation sites excluding steroid dienone is 1. The van der Waals surface area contributed by atoms with Gasteiger partial charge in [-0.15, -0.1) is 6.58 Å². The van der Waals surface area contributed by atoms with Crippen molar-refractivity contribution >= 4 is 5.82 Å². The number of hydrazine groups is 1. The lowest BCUT2D eigenvalue weighted by atomic mass is 10.1. The van der Waals surface area contributed by atoms with Crippen molar-refractivity contribution in [2.24, 2.45) is 5.84 Å². The van der Waals surface area contributed by atoms with E-state index in [1.165, 1.54) is 6.33 Å². The van der Waals surface area contributed by atoms with Gasteiger partial charge in [-0.25, -0.2) is 15.8 Å². The normalized spacial score (nSPS) is 10.4. The van der Waals surface area contributed by atoms with Crippen LogP contribution in [0.15, 0.2) is 19.0 Å². The fourth-order valence-corrected chi connectivity index (χ4v) is 1.53. The predicted octanol–water partition coefficient (Wildman–Crippen LogP) is 2.23. The number of anilines is 1. The van der Waals surface area contributed by atoms with Crippen LogP contribution in [0.4, 0.5) is 5.82 Å². The van der Waals surface area contributed by atoms with Gasteiger partial charge in [0.15, 0.2) is 5.82 Å². The van der Waals surface area contributed by atoms with Crippen LogP contribution in [-0.4, -0.2) is 16.6 Å². The smallest absolute Gasteiger partial charge is 0.222 e. The van der Waals surface area contributed by atoms with E-state index < -0.39 is 0 Å². The third-order valence-corrected chi connectivity index (χ3v) is 2.35. The number of unbranched alkanes of at least 4 members (excludes halogenated alkanes) is 1. The van der Waals surface area contributed by atoms with Gasteiger partial charge in [0.05, 0.1) is 12.2 Å². The summed E-state index contributed by atoms with van der Waals surface area (Å²) in [5, 5.41) is 0. The number of aromatic nitrogens is 2. The molecule has 1 heterocycles. The summed E-state index contributed by atoms with van der Waals surface area (Å²) < 4.78 is 5.65. The first-order valence-corrected chi connectivity index (χ1v) is 5.75. The molecule has 0 aliphatic rings. The number of nitrogens with zero attached hydrogens (tertiary/aromatic N) is 2. The average molecular weight is 236 g/mol. The second-order valence-corrected chi connectivity index (χ2v) is 4.02. The van der Waals surface area contributed by atoms with Crippen molar-refractivity contribution < 1.29 is 4.74 Å². The third-order valence-electron chi connectivity index (χ3n) is 2.35. The highest BCUT2D eigenvalue weighted by Crippen LogP contribution is 2.29. The summed E-state index contributed by atoms with van der Waals surface area (Å²) in [5.41, 5.74) is 3.48. The van der Waals surface area contributed by atoms with Crippen LogP contribution >= 0.6 is 0 Å². The quantitative estimate of drug-likeness (QED) is 0.329. The van der Waals surface area contributed by atoms with Crippen molar-refractivity contribution in [2.45, 2.75) is 32.6 Å². The summed E-state index contributed by atoms with van der Waals surface area (Å²) >= 11 is 0. The number of nitrogens with two attached hydrogens (primary N) is 1. The zero-order chi connectivity index (χ0) is 12.7. The first-order chi connectivity index (χ1) is 8.20. The van der Waals surface area contributed by atoms with Crippen molar-refractivity contribution in [1.82, 2.24) is 9.97 Å². The highest BCUT2D eigenvalue weighted by Gasteiger charge is 2.15. The van der Waals surface area contributed by atoms with Crippen LogP contribution in [0.1, 0.15) is 38.2 Å². The predicted molar refractivity (Wildman–Crippen MR) is 68.9 cm³/mol. The van der Waals surface area contributed by atoms with E-state index in [1.54, 1.807) is 0 Å². The molecule has 0 atom stereocenters. The molecule has 3 N–H and O–H groups in total. The van der Waals surface area contributed by atoms with Crippen LogP contribution in [-0.2, 0) is 0 Å². The molecule has 0 saturated carbocycles. The SMILES string of the molecule is C=CCCCOc1ncnc(NN)c1C(C)C. The van der Waals surface area contributed by atoms with Crippen LogP contribution in [0.25, 0.3) is 0 Å². The molecule has 1 aromatic rings. The highest BCUT2D eigenvalue weighted by molar-refractivity contribution is 5.49. The van der Waals surface area contributed by atoms with Gasteiger partial charge in [-0.2, -0.15) is 0 Å². The maximum absolute atomic E-state index is 5.65. The van der Waals surface area contributed by atoms with Gasteiger partial charge in [0.2, 0.25) is 5.88 Å². The van der Waals surface area contributed by atoms with Crippen molar-refractivity contribution in [3.63, 3.8) is 0 Å². The van der Waals surface area contributed by atoms with Gasteiger partial charge in [0.25, 0.3) is 0 Å². The molecule has 94 valence electrons. The molecule has 17 heavy (non-hydrogen) atoms. The van der Waals surface area contributed by atoms with Crippen LogP contribution in [0.5, 0.6) is 5.88 Å². The zero-order valence-electron chi connectivity index (χ0n) is 10.4. The highest BCUT2D eigenvalue weighted by atomic mass is 16.5. The van der Waals surface area contributed by atoms with Crippen molar-refractivity contribution in [3.05, 3.63) is 24.5 Å². The first kappa shape index (κ1) is 13.4. The molecule has 1 rings (SSSR count). The van der Waals surface area contributed by atoms with Crippen LogP contribution in [0, 0.1) is 0 Å². The summed E-state index contributed by atoms with van der Waals surface area (Å²) in [6, 6.07) is 0. The molecule has 0 radical (unpaired) electrons. The van der Waals surface area contributed by atoms with Gasteiger partial charge in [0.1, 0.15) is 6.33 Å². The van der Waals surface area contributed by atoms with E-state index in [-0.39, 0.29) is 5.92 Å². The Labute approximate surface area is 102 Å². The van der Waals surface area contributed by atoms with Crippen LogP contribution in [0.2, 0.25) is 0 Å². The maximum Gasteiger partial charge on any atom is 0.222 e. The van der Waals surface area contributed by atoms with Crippen molar-refractivity contribution in [3.8, 4) is 5.88 Å². The Bertz CT molecular complexity index is 366. The Hall–Kier alpha value is -1.62. The molecular weight excluding hydrogens is 216 g/mol. The first-order valence-electron chi connectivity index (χ1n) is 5.75. The molecule has 0 amide bonds. The van der Waals surface area contributed by atoms with E-state index in [2.05, 4.69) is 35.8 Å². The van der Waals surface area contributed by atoms with E-state index >= 15 is 0 Å². The number of rotatable bonds is 7. The molecule has 5 heteroatoms. The molecule has 0 saturated heterocycles. The Morgan fingerprint density at radius 3 is 2.88 bits per heavy atom. The average Bonchev–Trinajstić information content (AvgIpc) is 2.33. The molecular formula is C12H20N4O. The minimum absolute atomic E-state index is 0.247. The number of nitrogen functional groups attached to an aromatic ring is 1. The van der Waals surface area contributed by atoms with E-state index in [0.29, 0.717) is 18.3 Å². The minimum atomic E-state index is 0.247. The standard InChI is InChI=1S/C12H20N4O/c1-4-5-6-7-17-12-10(9(2)3)11(16-13)14-8-15-12/h4,8-9H,1,5-7,13H2,2-3H3,(H,14,15,16). The lowest BCUT2D eigenvalue weighted by Crippen LogP contribution is -2.14. The summed E-state index contributed by atoms with van der Waals surface area (Å²) in [7, 11) is 0. The summed E-state index contributed by atoms with van der Waals surface area (Å²) in [6.45, 7) is 8.39. The zero-order valence-corrected chi connectivity index (χ0v) is 10.4. The Kier molecular flexibility index (Phi) is 5.42. The van der Waals surface area contributed by atoms with Crippen LogP contribution in [0.3, 0.4) is 0 Å². The van der Waals surface area contributed by atoms with Crippen molar-refractivity contribution in [2.75, 3.05) is 12.0 Å². The molecule has 5 nitrogen and oxygen atoms in total. The second-order valence-electron chi connectivity index (χ2n) is 4.02. The number of nitrogens with one attached hydrogen (secondary N) is 1. The maximum atomic E-state index is 5.65. The summed E-state index contributed by atoms with van der Waals surface area (Å²) in [4.78, 5) is 8.23. The van der Waals surface area contributed by atoms with Gasteiger partial charge in [-0.3, -0.25) is 0 Å². The van der Waals surface area contributed by atoms with E-state index in [4.69, 9.17) is 10.6 Å². The Morgan fingerprint density at radius 1 is 1.53 bits per heavy atom. The Balaban J connectivity index is 2.79. The molecule has 0 unspecified atom stereocenters. The number of hydrogen-bond donors (Lipinski definition) is 2. The summed E-state index contributed by atoms with van der Waals surface area (Å²) in [6.07, 6.45) is 5.18. The number of ether oxygens (including phenoxy) is 1. The van der Waals surface area contributed by atoms with Gasteiger partial charge < -0.3 is 10.2 Å². The monoisotopic (exact) mass is 236 g/mol. The lowest BCUT2D eigenvalue weighted by molar-refractivity contribution is 0.295. The van der Waals surface area contributed by atoms with Crippen molar-refractivity contribution in [1.29, 1.82) is 0 Å². The van der Waals surface area contributed by atoms with Gasteiger partial charge in [-0.05, 0) is 18.8 Å². The second kappa shape index (κ2) is 6.85. The van der Waals surface area contributed by atoms with E-state index in [1.807, 2.05) is 6.08 Å². The minimum Gasteiger partial charge on any atom is -0.477 e.